The monoisotopic (exact) mass is 466 g/mol. The molecule has 0 radical (unpaired) electrons. The highest BCUT2D eigenvalue weighted by Gasteiger charge is 2.24. The zero-order chi connectivity index (χ0) is 21.4. The zero-order valence-electron chi connectivity index (χ0n) is 18.1. The molecule has 0 N–H and O–H groups in total. The molecule has 1 aromatic carbocycles. The summed E-state index contributed by atoms with van der Waals surface area (Å²) in [7, 11) is 0. The number of rotatable bonds is 6. The van der Waals surface area contributed by atoms with Crippen LogP contribution in [0.1, 0.15) is 42.0 Å². The molecule has 0 fully saturated rings. The molecule has 31 heavy (non-hydrogen) atoms. The molecule has 3 heterocycles. The van der Waals surface area contributed by atoms with E-state index in [0.29, 0.717) is 0 Å². The zero-order valence-corrected chi connectivity index (χ0v) is 20.5. The van der Waals surface area contributed by atoms with Gasteiger partial charge in [0.1, 0.15) is 5.01 Å². The van der Waals surface area contributed by atoms with Gasteiger partial charge in [0.15, 0.2) is 11.0 Å². The van der Waals surface area contributed by atoms with Crippen molar-refractivity contribution < 1.29 is 0 Å². The van der Waals surface area contributed by atoms with Gasteiger partial charge < -0.3 is 4.57 Å². The summed E-state index contributed by atoms with van der Waals surface area (Å²) in [6.45, 7) is 7.51. The molecular weight excluding hydrogens is 440 g/mol. The van der Waals surface area contributed by atoms with Crippen LogP contribution >= 0.6 is 34.4 Å². The maximum Gasteiger partial charge on any atom is 0.191 e. The molecule has 0 saturated carbocycles. The first-order valence-electron chi connectivity index (χ1n) is 10.8. The second-order valence-electron chi connectivity index (χ2n) is 8.25. The van der Waals surface area contributed by atoms with Gasteiger partial charge in [0, 0.05) is 39.1 Å². The Morgan fingerprint density at radius 2 is 1.97 bits per heavy atom. The summed E-state index contributed by atoms with van der Waals surface area (Å²) in [5.74, 6) is 2.62. The van der Waals surface area contributed by atoms with Crippen molar-refractivity contribution in [3.8, 4) is 22.0 Å². The van der Waals surface area contributed by atoms with Crippen LogP contribution in [0.25, 0.3) is 22.0 Å². The lowest BCUT2D eigenvalue weighted by molar-refractivity contribution is 0.508. The van der Waals surface area contributed by atoms with Crippen molar-refractivity contribution in [2.75, 3.05) is 0 Å². The first-order valence-corrected chi connectivity index (χ1v) is 13.5. The predicted octanol–water partition coefficient (Wildman–Crippen LogP) is 6.88. The van der Waals surface area contributed by atoms with E-state index in [1.807, 2.05) is 11.3 Å². The summed E-state index contributed by atoms with van der Waals surface area (Å²) in [5.41, 5.74) is 6.35. The van der Waals surface area contributed by atoms with E-state index in [9.17, 15) is 0 Å². The van der Waals surface area contributed by atoms with Crippen LogP contribution in [0.5, 0.6) is 0 Å². The quantitative estimate of drug-likeness (QED) is 0.291. The van der Waals surface area contributed by atoms with Crippen molar-refractivity contribution in [3.63, 3.8) is 0 Å². The minimum Gasteiger partial charge on any atom is -0.302 e. The van der Waals surface area contributed by atoms with Crippen molar-refractivity contribution in [1.82, 2.24) is 19.7 Å². The van der Waals surface area contributed by atoms with E-state index in [1.165, 1.54) is 35.1 Å². The Kier molecular flexibility index (Phi) is 5.99. The fourth-order valence-corrected chi connectivity index (χ4v) is 7.15. The lowest BCUT2D eigenvalue weighted by Gasteiger charge is -2.19. The van der Waals surface area contributed by atoms with E-state index in [-0.39, 0.29) is 0 Å². The highest BCUT2D eigenvalue weighted by atomic mass is 32.2. The first kappa shape index (κ1) is 20.9. The van der Waals surface area contributed by atoms with Crippen molar-refractivity contribution in [3.05, 3.63) is 56.7 Å². The van der Waals surface area contributed by atoms with E-state index in [2.05, 4.69) is 70.6 Å². The van der Waals surface area contributed by atoms with Crippen LogP contribution in [0.4, 0.5) is 0 Å². The number of aromatic nitrogens is 4. The van der Waals surface area contributed by atoms with Gasteiger partial charge in [-0.3, -0.25) is 0 Å². The van der Waals surface area contributed by atoms with Crippen LogP contribution in [0.3, 0.4) is 0 Å². The fourth-order valence-electron chi connectivity index (χ4n) is 4.09. The number of hydrogen-bond acceptors (Lipinski definition) is 6. The number of fused-ring (bicyclic) bond motifs is 1. The van der Waals surface area contributed by atoms with Crippen molar-refractivity contribution in [2.24, 2.45) is 5.92 Å². The number of thioether (sulfide) groups is 1. The first-order chi connectivity index (χ1) is 15.1. The molecule has 160 valence electrons. The van der Waals surface area contributed by atoms with Crippen LogP contribution < -0.4 is 0 Å². The molecular formula is C24H26N4S3. The van der Waals surface area contributed by atoms with Gasteiger partial charge in [-0.25, -0.2) is 4.98 Å². The van der Waals surface area contributed by atoms with Crippen LogP contribution in [0, 0.1) is 12.8 Å². The topological polar surface area (TPSA) is 43.6 Å². The van der Waals surface area contributed by atoms with Crippen LogP contribution in [0.2, 0.25) is 0 Å². The second kappa shape index (κ2) is 8.88. The molecule has 0 spiro atoms. The Balaban J connectivity index is 1.34. The lowest BCUT2D eigenvalue weighted by atomic mass is 9.88. The summed E-state index contributed by atoms with van der Waals surface area (Å²) >= 11 is 5.33. The van der Waals surface area contributed by atoms with Crippen LogP contribution in [0.15, 0.2) is 40.2 Å². The minimum atomic E-state index is 0.789. The van der Waals surface area contributed by atoms with Gasteiger partial charge in [-0.15, -0.1) is 32.9 Å². The predicted molar refractivity (Wildman–Crippen MR) is 132 cm³/mol. The third-order valence-corrected chi connectivity index (χ3v) is 8.87. The van der Waals surface area contributed by atoms with Gasteiger partial charge in [0.25, 0.3) is 0 Å². The normalized spacial score (nSPS) is 15.9. The average Bonchev–Trinajstić information content (AvgIpc) is 3.50. The molecule has 0 amide bonds. The number of aryl methyl sites for hydroxylation is 1. The Labute approximate surface area is 195 Å². The molecule has 1 atom stereocenters. The molecule has 3 aromatic heterocycles. The summed E-state index contributed by atoms with van der Waals surface area (Å²) < 4.78 is 2.26. The van der Waals surface area contributed by atoms with E-state index < -0.39 is 0 Å². The largest absolute Gasteiger partial charge is 0.302 e. The summed E-state index contributed by atoms with van der Waals surface area (Å²) in [5, 5.41) is 15.7. The number of nitrogens with zero attached hydrogens (tertiary/aromatic N) is 4. The second-order valence-corrected chi connectivity index (χ2v) is 11.0. The van der Waals surface area contributed by atoms with Crippen molar-refractivity contribution in [1.29, 1.82) is 0 Å². The lowest BCUT2D eigenvalue weighted by Crippen LogP contribution is -2.10. The van der Waals surface area contributed by atoms with Crippen molar-refractivity contribution >= 4 is 34.4 Å². The highest BCUT2D eigenvalue weighted by molar-refractivity contribution is 7.98. The standard InChI is InChI=1S/C24H26N4S3/c1-4-28-22(20-14-29-21-11-16(3)7-10-19(20)21)26-27-24(28)31-13-18-12-30-23(25-18)17-8-5-15(2)6-9-17/h5-6,8-9,12,14,16H,4,7,10-11,13H2,1-3H3. The Morgan fingerprint density at radius 1 is 1.13 bits per heavy atom. The summed E-state index contributed by atoms with van der Waals surface area (Å²) in [6.07, 6.45) is 3.63. The average molecular weight is 467 g/mol. The van der Waals surface area contributed by atoms with Crippen molar-refractivity contribution in [2.45, 2.75) is 57.5 Å². The molecule has 5 rings (SSSR count). The summed E-state index contributed by atoms with van der Waals surface area (Å²) in [6, 6.07) is 8.57. The molecule has 0 bridgehead atoms. The minimum absolute atomic E-state index is 0.789. The number of thiazole rings is 1. The fraction of sp³-hybridized carbons (Fsp3) is 0.375. The number of thiophene rings is 1. The van der Waals surface area contributed by atoms with Gasteiger partial charge >= 0.3 is 0 Å². The van der Waals surface area contributed by atoms with E-state index in [4.69, 9.17) is 4.98 Å². The molecule has 1 unspecified atom stereocenters. The SMILES string of the molecule is CCn1c(SCc2csc(-c3ccc(C)cc3)n2)nnc1-c1csc2c1CCC(C)C2. The molecule has 1 aliphatic rings. The molecule has 1 aliphatic carbocycles. The highest BCUT2D eigenvalue weighted by Crippen LogP contribution is 2.38. The molecule has 7 heteroatoms. The van der Waals surface area contributed by atoms with E-state index in [0.717, 1.165) is 46.3 Å². The Morgan fingerprint density at radius 3 is 2.77 bits per heavy atom. The number of benzene rings is 1. The van der Waals surface area contributed by atoms with E-state index in [1.54, 1.807) is 28.0 Å². The maximum absolute atomic E-state index is 4.84. The summed E-state index contributed by atoms with van der Waals surface area (Å²) in [4.78, 5) is 6.39. The van der Waals surface area contributed by atoms with Gasteiger partial charge in [0.2, 0.25) is 0 Å². The van der Waals surface area contributed by atoms with Gasteiger partial charge in [-0.1, -0.05) is 48.5 Å². The Hall–Kier alpha value is -1.96. The third-order valence-electron chi connectivity index (χ3n) is 5.88. The Bertz CT molecular complexity index is 1190. The van der Waals surface area contributed by atoms with Gasteiger partial charge in [-0.05, 0) is 44.6 Å². The molecule has 0 saturated heterocycles. The van der Waals surface area contributed by atoms with Crippen LogP contribution in [-0.2, 0) is 25.1 Å². The third kappa shape index (κ3) is 4.23. The van der Waals surface area contributed by atoms with Crippen LogP contribution in [-0.4, -0.2) is 19.7 Å². The van der Waals surface area contributed by atoms with E-state index >= 15 is 0 Å². The van der Waals surface area contributed by atoms with Gasteiger partial charge in [0.05, 0.1) is 5.69 Å². The van der Waals surface area contributed by atoms with Gasteiger partial charge in [-0.2, -0.15) is 0 Å². The molecule has 4 aromatic rings. The molecule has 0 aliphatic heterocycles. The molecule has 4 nitrogen and oxygen atoms in total. The smallest absolute Gasteiger partial charge is 0.191 e. The maximum atomic E-state index is 4.84. The number of hydrogen-bond donors (Lipinski definition) is 0.